The van der Waals surface area contributed by atoms with Crippen LogP contribution in [0.25, 0.3) is 0 Å². The molecule has 1 heterocycles. The number of halogens is 2. The van der Waals surface area contributed by atoms with Gasteiger partial charge in [0.15, 0.2) is 0 Å². The zero-order valence-electron chi connectivity index (χ0n) is 16.8. The van der Waals surface area contributed by atoms with Gasteiger partial charge in [-0.1, -0.05) is 41.5 Å². The van der Waals surface area contributed by atoms with Crippen molar-refractivity contribution in [1.82, 2.24) is 9.80 Å². The van der Waals surface area contributed by atoms with Crippen molar-refractivity contribution in [2.45, 2.75) is 54.9 Å². The zero-order valence-corrected chi connectivity index (χ0v) is 16.8. The molecule has 1 saturated heterocycles. The van der Waals surface area contributed by atoms with Crippen LogP contribution in [-0.2, 0) is 0 Å². The van der Waals surface area contributed by atoms with E-state index in [-0.39, 0.29) is 0 Å². The Morgan fingerprint density at radius 2 is 1.21 bits per heavy atom. The summed E-state index contributed by atoms with van der Waals surface area (Å²) in [4.78, 5) is 5.08. The molecule has 4 heteroatoms. The van der Waals surface area contributed by atoms with Crippen LogP contribution in [-0.4, -0.2) is 49.1 Å². The van der Waals surface area contributed by atoms with Crippen molar-refractivity contribution in [3.8, 4) is 0 Å². The average molecular weight is 345 g/mol. The Morgan fingerprint density at radius 3 is 1.54 bits per heavy atom. The summed E-state index contributed by atoms with van der Waals surface area (Å²) < 4.78 is 24.4. The standard InChI is InChI=1S/C9H20N2.C7H6F2.2C2H6/c1-3-5-11-8-6-10(4-2)7-9-11;1-5-2-6(8)4-7(9)3-5;2*1-2/h3-9H2,1-2H3;2-4H,1H3;2*1-2H3. The van der Waals surface area contributed by atoms with E-state index in [2.05, 4.69) is 23.6 Å². The van der Waals surface area contributed by atoms with Gasteiger partial charge in [-0.05, 0) is 44.1 Å². The van der Waals surface area contributed by atoms with Crippen LogP contribution in [0.5, 0.6) is 0 Å². The first-order valence-corrected chi connectivity index (χ1v) is 9.42. The lowest BCUT2D eigenvalue weighted by Crippen LogP contribution is -2.46. The van der Waals surface area contributed by atoms with Gasteiger partial charge in [0.2, 0.25) is 0 Å². The Morgan fingerprint density at radius 1 is 0.792 bits per heavy atom. The fourth-order valence-electron chi connectivity index (χ4n) is 2.34. The fourth-order valence-corrected chi connectivity index (χ4v) is 2.34. The molecular formula is C20H38F2N2. The molecule has 24 heavy (non-hydrogen) atoms. The van der Waals surface area contributed by atoms with Crippen LogP contribution in [0, 0.1) is 18.6 Å². The van der Waals surface area contributed by atoms with Gasteiger partial charge in [0, 0.05) is 32.2 Å². The predicted molar refractivity (Wildman–Crippen MR) is 103 cm³/mol. The molecule has 0 N–H and O–H groups in total. The maximum atomic E-state index is 12.2. The highest BCUT2D eigenvalue weighted by atomic mass is 19.1. The van der Waals surface area contributed by atoms with Crippen molar-refractivity contribution in [3.63, 3.8) is 0 Å². The summed E-state index contributed by atoms with van der Waals surface area (Å²) in [5.74, 6) is -1.04. The lowest BCUT2D eigenvalue weighted by molar-refractivity contribution is 0.137. The first-order chi connectivity index (χ1) is 11.5. The molecule has 0 spiro atoms. The third-order valence-corrected chi connectivity index (χ3v) is 3.46. The Hall–Kier alpha value is -1.00. The third kappa shape index (κ3) is 12.4. The number of rotatable bonds is 3. The highest BCUT2D eigenvalue weighted by Crippen LogP contribution is 2.05. The Labute approximate surface area is 148 Å². The van der Waals surface area contributed by atoms with Crippen LogP contribution in [0.1, 0.15) is 53.5 Å². The minimum Gasteiger partial charge on any atom is -0.301 e. The molecule has 0 unspecified atom stereocenters. The predicted octanol–water partition coefficient (Wildman–Crippen LogP) is 5.36. The van der Waals surface area contributed by atoms with E-state index in [1.54, 1.807) is 6.92 Å². The van der Waals surface area contributed by atoms with Crippen LogP contribution >= 0.6 is 0 Å². The Bertz CT molecular complexity index is 339. The topological polar surface area (TPSA) is 6.48 Å². The van der Waals surface area contributed by atoms with Gasteiger partial charge in [-0.2, -0.15) is 0 Å². The molecule has 0 radical (unpaired) electrons. The zero-order chi connectivity index (χ0) is 19.0. The number of benzene rings is 1. The van der Waals surface area contributed by atoms with Crippen molar-refractivity contribution >= 4 is 0 Å². The van der Waals surface area contributed by atoms with Gasteiger partial charge < -0.3 is 9.80 Å². The summed E-state index contributed by atoms with van der Waals surface area (Å²) in [5.41, 5.74) is 0.604. The van der Waals surface area contributed by atoms with E-state index in [9.17, 15) is 8.78 Å². The van der Waals surface area contributed by atoms with Crippen molar-refractivity contribution in [1.29, 1.82) is 0 Å². The van der Waals surface area contributed by atoms with Crippen molar-refractivity contribution in [3.05, 3.63) is 35.4 Å². The molecule has 0 aromatic heterocycles. The molecule has 0 saturated carbocycles. The van der Waals surface area contributed by atoms with Crippen LogP contribution in [0.3, 0.4) is 0 Å². The molecule has 0 atom stereocenters. The fraction of sp³-hybridized carbons (Fsp3) is 0.700. The minimum absolute atomic E-state index is 0.521. The maximum Gasteiger partial charge on any atom is 0.126 e. The summed E-state index contributed by atoms with van der Waals surface area (Å²) in [7, 11) is 0. The Balaban J connectivity index is 0. The largest absolute Gasteiger partial charge is 0.301 e. The lowest BCUT2D eigenvalue weighted by atomic mass is 10.2. The van der Waals surface area contributed by atoms with E-state index in [0.29, 0.717) is 5.56 Å². The number of hydrogen-bond donors (Lipinski definition) is 0. The third-order valence-electron chi connectivity index (χ3n) is 3.46. The summed E-state index contributed by atoms with van der Waals surface area (Å²) in [6.07, 6.45) is 1.30. The molecular weight excluding hydrogens is 306 g/mol. The highest BCUT2D eigenvalue weighted by Gasteiger charge is 2.13. The molecule has 1 aliphatic heterocycles. The van der Waals surface area contributed by atoms with Crippen LogP contribution < -0.4 is 0 Å². The molecule has 2 rings (SSSR count). The molecule has 0 bridgehead atoms. The van der Waals surface area contributed by atoms with Gasteiger partial charge in [-0.25, -0.2) is 8.78 Å². The number of hydrogen-bond acceptors (Lipinski definition) is 2. The number of likely N-dealkylation sites (N-methyl/N-ethyl adjacent to an activating group) is 1. The van der Waals surface area contributed by atoms with E-state index in [1.807, 2.05) is 27.7 Å². The van der Waals surface area contributed by atoms with Gasteiger partial charge in [0.05, 0.1) is 0 Å². The van der Waals surface area contributed by atoms with E-state index in [1.165, 1.54) is 57.8 Å². The molecule has 1 aromatic rings. The van der Waals surface area contributed by atoms with Crippen LogP contribution in [0.4, 0.5) is 8.78 Å². The second kappa shape index (κ2) is 16.8. The van der Waals surface area contributed by atoms with Gasteiger partial charge >= 0.3 is 0 Å². The highest BCUT2D eigenvalue weighted by molar-refractivity contribution is 5.15. The first kappa shape index (κ1) is 25.2. The van der Waals surface area contributed by atoms with E-state index < -0.39 is 11.6 Å². The van der Waals surface area contributed by atoms with Crippen LogP contribution in [0.15, 0.2) is 18.2 Å². The SMILES string of the molecule is CC.CC.CCCN1CCN(CC)CC1.Cc1cc(F)cc(F)c1. The molecule has 1 aliphatic rings. The second-order valence-corrected chi connectivity index (χ2v) is 5.22. The van der Waals surface area contributed by atoms with E-state index in [4.69, 9.17) is 0 Å². The van der Waals surface area contributed by atoms with Crippen molar-refractivity contribution in [2.75, 3.05) is 39.3 Å². The molecule has 2 nitrogen and oxygen atoms in total. The first-order valence-electron chi connectivity index (χ1n) is 9.42. The van der Waals surface area contributed by atoms with E-state index in [0.717, 1.165) is 6.07 Å². The van der Waals surface area contributed by atoms with Crippen molar-refractivity contribution in [2.24, 2.45) is 0 Å². The normalized spacial score (nSPS) is 14.4. The average Bonchev–Trinajstić information content (AvgIpc) is 2.59. The maximum absolute atomic E-state index is 12.2. The summed E-state index contributed by atoms with van der Waals surface area (Å²) in [6, 6.07) is 3.42. The van der Waals surface area contributed by atoms with Crippen molar-refractivity contribution < 1.29 is 8.78 Å². The smallest absolute Gasteiger partial charge is 0.126 e. The number of aryl methyl sites for hydroxylation is 1. The monoisotopic (exact) mass is 344 g/mol. The molecule has 1 fully saturated rings. The van der Waals surface area contributed by atoms with E-state index >= 15 is 0 Å². The summed E-state index contributed by atoms with van der Waals surface area (Å²) >= 11 is 0. The van der Waals surface area contributed by atoms with Gasteiger partial charge in [-0.15, -0.1) is 0 Å². The minimum atomic E-state index is -0.521. The molecule has 1 aromatic carbocycles. The molecule has 0 amide bonds. The van der Waals surface area contributed by atoms with Gasteiger partial charge in [0.1, 0.15) is 11.6 Å². The van der Waals surface area contributed by atoms with Gasteiger partial charge in [0.25, 0.3) is 0 Å². The number of nitrogens with zero attached hydrogens (tertiary/aromatic N) is 2. The summed E-state index contributed by atoms with van der Waals surface area (Å²) in [5, 5.41) is 0. The summed E-state index contributed by atoms with van der Waals surface area (Å²) in [6.45, 7) is 21.8. The Kier molecular flexibility index (Phi) is 17.7. The molecule has 0 aliphatic carbocycles. The molecule has 142 valence electrons. The quantitative estimate of drug-likeness (QED) is 0.728. The lowest BCUT2D eigenvalue weighted by Gasteiger charge is -2.33. The van der Waals surface area contributed by atoms with Crippen LogP contribution in [0.2, 0.25) is 0 Å². The van der Waals surface area contributed by atoms with Gasteiger partial charge in [-0.3, -0.25) is 0 Å². The number of piperazine rings is 1. The second-order valence-electron chi connectivity index (χ2n) is 5.22.